The van der Waals surface area contributed by atoms with Gasteiger partial charge < -0.3 is 14.9 Å². The first-order chi connectivity index (χ1) is 8.69. The highest BCUT2D eigenvalue weighted by atomic mass is 32.1. The molecule has 18 heavy (non-hydrogen) atoms. The molecular weight excluding hydrogens is 250 g/mol. The van der Waals surface area contributed by atoms with Gasteiger partial charge in [0.15, 0.2) is 11.5 Å². The number of nitrogens with one attached hydrogen (secondary N) is 1. The Morgan fingerprint density at radius 2 is 2.00 bits per heavy atom. The normalized spacial score (nSPS) is 12.8. The minimum absolute atomic E-state index is 0.282. The van der Waals surface area contributed by atoms with E-state index < -0.39 is 0 Å². The molecule has 5 nitrogen and oxygen atoms in total. The van der Waals surface area contributed by atoms with Gasteiger partial charge in [-0.15, -0.1) is 0 Å². The highest BCUT2D eigenvalue weighted by Gasteiger charge is 2.18. The molecule has 2 aromatic rings. The summed E-state index contributed by atoms with van der Waals surface area (Å²) in [5.74, 6) is 7.01. The summed E-state index contributed by atoms with van der Waals surface area (Å²) in [7, 11) is 0. The second-order valence-electron chi connectivity index (χ2n) is 4.10. The molecule has 0 spiro atoms. The van der Waals surface area contributed by atoms with Crippen molar-refractivity contribution in [2.45, 2.75) is 13.8 Å². The van der Waals surface area contributed by atoms with Crippen molar-refractivity contribution >= 4 is 16.3 Å². The predicted molar refractivity (Wildman–Crippen MR) is 71.0 cm³/mol. The molecule has 0 radical (unpaired) electrons. The third-order valence-electron chi connectivity index (χ3n) is 2.88. The molecule has 6 heteroatoms. The maximum atomic E-state index is 5.45. The summed E-state index contributed by atoms with van der Waals surface area (Å²) in [5, 5.41) is 1.80. The quantitative estimate of drug-likeness (QED) is 0.643. The van der Waals surface area contributed by atoms with E-state index in [0.29, 0.717) is 0 Å². The van der Waals surface area contributed by atoms with Gasteiger partial charge >= 0.3 is 0 Å². The molecule has 1 aromatic heterocycles. The van der Waals surface area contributed by atoms with Crippen molar-refractivity contribution in [1.29, 1.82) is 0 Å². The molecule has 1 aromatic carbocycles. The Balaban J connectivity index is 2.10. The Morgan fingerprint density at radius 3 is 2.67 bits per heavy atom. The van der Waals surface area contributed by atoms with Crippen LogP contribution in [0.3, 0.4) is 0 Å². The fraction of sp³-hybridized carbons (Fsp3) is 0.250. The number of benzene rings is 1. The highest BCUT2D eigenvalue weighted by Crippen LogP contribution is 2.40. The molecule has 0 saturated heterocycles. The number of anilines is 1. The van der Waals surface area contributed by atoms with Crippen molar-refractivity contribution in [2.75, 3.05) is 12.2 Å². The van der Waals surface area contributed by atoms with Crippen LogP contribution in [-0.4, -0.2) is 11.8 Å². The Morgan fingerprint density at radius 1 is 1.28 bits per heavy atom. The number of ether oxygens (including phenoxy) is 2. The summed E-state index contributed by atoms with van der Waals surface area (Å²) in [6.45, 7) is 4.24. The molecule has 0 aliphatic carbocycles. The van der Waals surface area contributed by atoms with E-state index in [0.717, 1.165) is 38.3 Å². The van der Waals surface area contributed by atoms with Crippen molar-refractivity contribution in [3.8, 4) is 22.1 Å². The van der Waals surface area contributed by atoms with Crippen LogP contribution >= 0.6 is 11.3 Å². The molecule has 0 saturated carbocycles. The van der Waals surface area contributed by atoms with Crippen LogP contribution in [-0.2, 0) is 0 Å². The van der Waals surface area contributed by atoms with Crippen LogP contribution in [0.15, 0.2) is 12.1 Å². The lowest BCUT2D eigenvalue weighted by Crippen LogP contribution is -2.05. The van der Waals surface area contributed by atoms with Crippen molar-refractivity contribution in [2.24, 2.45) is 5.84 Å². The maximum absolute atomic E-state index is 5.45. The summed E-state index contributed by atoms with van der Waals surface area (Å²) in [4.78, 5) is 4.52. The van der Waals surface area contributed by atoms with Crippen LogP contribution < -0.4 is 20.7 Å². The first-order valence-electron chi connectivity index (χ1n) is 5.53. The van der Waals surface area contributed by atoms with Crippen molar-refractivity contribution in [3.63, 3.8) is 0 Å². The largest absolute Gasteiger partial charge is 0.454 e. The monoisotopic (exact) mass is 263 g/mol. The topological polar surface area (TPSA) is 69.4 Å². The molecule has 0 amide bonds. The number of rotatable bonds is 2. The lowest BCUT2D eigenvalue weighted by atomic mass is 10.1. The van der Waals surface area contributed by atoms with E-state index in [2.05, 4.69) is 10.4 Å². The second kappa shape index (κ2) is 4.15. The number of hydrazine groups is 1. The number of hydrogen-bond acceptors (Lipinski definition) is 6. The van der Waals surface area contributed by atoms with Crippen LogP contribution in [0.25, 0.3) is 10.6 Å². The van der Waals surface area contributed by atoms with Gasteiger partial charge in [-0.3, -0.25) is 0 Å². The zero-order valence-corrected chi connectivity index (χ0v) is 10.9. The van der Waals surface area contributed by atoms with Crippen LogP contribution in [0.1, 0.15) is 11.3 Å². The van der Waals surface area contributed by atoms with E-state index >= 15 is 0 Å². The van der Waals surface area contributed by atoms with Gasteiger partial charge in [0.2, 0.25) is 6.79 Å². The average molecular weight is 263 g/mol. The van der Waals surface area contributed by atoms with E-state index in [-0.39, 0.29) is 6.79 Å². The predicted octanol–water partition coefficient (Wildman–Crippen LogP) is 2.44. The number of thiazole rings is 1. The molecule has 2 heterocycles. The smallest absolute Gasteiger partial charge is 0.231 e. The molecule has 0 fully saturated rings. The molecule has 3 N–H and O–H groups in total. The molecule has 0 bridgehead atoms. The standard InChI is InChI=1S/C12H13N3O2S/c1-6-3-9-10(17-5-16-9)4-8(6)12-14-7(2)11(15-13)18-12/h3-4,15H,5,13H2,1-2H3. The summed E-state index contributed by atoms with van der Waals surface area (Å²) >= 11 is 1.53. The van der Waals surface area contributed by atoms with Gasteiger partial charge in [-0.05, 0) is 31.5 Å². The van der Waals surface area contributed by atoms with Gasteiger partial charge in [-0.2, -0.15) is 0 Å². The van der Waals surface area contributed by atoms with Crippen molar-refractivity contribution < 1.29 is 9.47 Å². The lowest BCUT2D eigenvalue weighted by Gasteiger charge is -2.04. The van der Waals surface area contributed by atoms with Crippen molar-refractivity contribution in [3.05, 3.63) is 23.4 Å². The maximum Gasteiger partial charge on any atom is 0.231 e. The third kappa shape index (κ3) is 1.70. The minimum Gasteiger partial charge on any atom is -0.454 e. The highest BCUT2D eigenvalue weighted by molar-refractivity contribution is 7.19. The Hall–Kier alpha value is -1.79. The molecule has 1 aliphatic rings. The van der Waals surface area contributed by atoms with E-state index in [1.54, 1.807) is 0 Å². The van der Waals surface area contributed by atoms with E-state index in [1.807, 2.05) is 26.0 Å². The number of nitrogens with two attached hydrogens (primary N) is 1. The molecule has 1 aliphatic heterocycles. The van der Waals surface area contributed by atoms with Gasteiger partial charge in [-0.25, -0.2) is 10.8 Å². The molecule has 94 valence electrons. The summed E-state index contributed by atoms with van der Waals surface area (Å²) in [6, 6.07) is 3.94. The molecular formula is C12H13N3O2S. The summed E-state index contributed by atoms with van der Waals surface area (Å²) < 4.78 is 10.7. The summed E-state index contributed by atoms with van der Waals surface area (Å²) in [5.41, 5.74) is 5.71. The Labute approximate surface area is 109 Å². The number of nitrogens with zero attached hydrogens (tertiary/aromatic N) is 1. The molecule has 3 rings (SSSR count). The number of aromatic nitrogens is 1. The summed E-state index contributed by atoms with van der Waals surface area (Å²) in [6.07, 6.45) is 0. The van der Waals surface area contributed by atoms with Gasteiger partial charge in [-0.1, -0.05) is 11.3 Å². The Kier molecular flexibility index (Phi) is 2.61. The number of hydrogen-bond donors (Lipinski definition) is 2. The van der Waals surface area contributed by atoms with Gasteiger partial charge in [0, 0.05) is 5.56 Å². The first kappa shape index (κ1) is 11.3. The average Bonchev–Trinajstić information content (AvgIpc) is 2.93. The fourth-order valence-electron chi connectivity index (χ4n) is 1.92. The minimum atomic E-state index is 0.282. The third-order valence-corrected chi connectivity index (χ3v) is 4.00. The second-order valence-corrected chi connectivity index (χ2v) is 5.10. The van der Waals surface area contributed by atoms with Gasteiger partial charge in [0.05, 0.1) is 5.69 Å². The van der Waals surface area contributed by atoms with Crippen LogP contribution in [0.5, 0.6) is 11.5 Å². The number of aryl methyl sites for hydroxylation is 2. The van der Waals surface area contributed by atoms with Crippen LogP contribution in [0.4, 0.5) is 5.00 Å². The van der Waals surface area contributed by atoms with Gasteiger partial charge in [0.25, 0.3) is 0 Å². The molecule has 0 atom stereocenters. The molecule has 0 unspecified atom stereocenters. The fourth-order valence-corrected chi connectivity index (χ4v) is 2.88. The van der Waals surface area contributed by atoms with E-state index in [4.69, 9.17) is 15.3 Å². The zero-order chi connectivity index (χ0) is 12.7. The SMILES string of the molecule is Cc1cc2c(cc1-c1nc(C)c(NN)s1)OCO2. The van der Waals surface area contributed by atoms with E-state index in [9.17, 15) is 0 Å². The van der Waals surface area contributed by atoms with Crippen molar-refractivity contribution in [1.82, 2.24) is 4.98 Å². The van der Waals surface area contributed by atoms with E-state index in [1.165, 1.54) is 11.3 Å². The first-order valence-corrected chi connectivity index (χ1v) is 6.35. The van der Waals surface area contributed by atoms with Crippen LogP contribution in [0.2, 0.25) is 0 Å². The van der Waals surface area contributed by atoms with Crippen LogP contribution in [0, 0.1) is 13.8 Å². The zero-order valence-electron chi connectivity index (χ0n) is 10.1. The number of nitrogen functional groups attached to an aromatic ring is 1. The number of fused-ring (bicyclic) bond motifs is 1. The lowest BCUT2D eigenvalue weighted by molar-refractivity contribution is 0.174. The Bertz CT molecular complexity index is 610. The van der Waals surface area contributed by atoms with Gasteiger partial charge in [0.1, 0.15) is 10.0 Å².